The van der Waals surface area contributed by atoms with Crippen molar-refractivity contribution in [2.24, 2.45) is 11.1 Å². The van der Waals surface area contributed by atoms with Gasteiger partial charge in [-0.3, -0.25) is 4.79 Å². The first-order valence-corrected chi connectivity index (χ1v) is 5.66. The molecule has 0 fully saturated rings. The van der Waals surface area contributed by atoms with E-state index in [2.05, 4.69) is 4.74 Å². The van der Waals surface area contributed by atoms with Gasteiger partial charge in [0.05, 0.1) is 0 Å². The number of carbonyl (C=O) groups is 1. The molecule has 6 nitrogen and oxygen atoms in total. The lowest BCUT2D eigenvalue weighted by atomic mass is 9.94. The molecule has 6 heteroatoms. The van der Waals surface area contributed by atoms with Crippen LogP contribution in [0.1, 0.15) is 20.8 Å². The molecule has 0 spiro atoms. The molecule has 106 valence electrons. The number of methoxy groups -OCH3 is 1. The lowest BCUT2D eigenvalue weighted by Crippen LogP contribution is -2.50. The minimum Gasteiger partial charge on any atom is -0.387 e. The quantitative estimate of drug-likeness (QED) is 0.466. The standard InChI is InChI=1S/C12H23NO5/c1-12(2,3)6-5-7(14)8(15)9(16)10(18-4)11(13)17/h5-10,14-16H,1-4H3,(H2,13,17)/b6-5+/t7-,8+,9-,10-/m1/s1. The number of ether oxygens (including phenoxy) is 1. The summed E-state index contributed by atoms with van der Waals surface area (Å²) in [7, 11) is 1.18. The average Bonchev–Trinajstić information content (AvgIpc) is 2.24. The van der Waals surface area contributed by atoms with Gasteiger partial charge in [-0.25, -0.2) is 0 Å². The third-order valence-electron chi connectivity index (χ3n) is 2.34. The Labute approximate surface area is 107 Å². The van der Waals surface area contributed by atoms with Gasteiger partial charge in [-0.05, 0) is 5.41 Å². The highest BCUT2D eigenvalue weighted by atomic mass is 16.5. The fourth-order valence-corrected chi connectivity index (χ4v) is 1.31. The van der Waals surface area contributed by atoms with Crippen LogP contribution in [0.25, 0.3) is 0 Å². The summed E-state index contributed by atoms with van der Waals surface area (Å²) < 4.78 is 4.67. The molecule has 0 aromatic carbocycles. The molecule has 0 radical (unpaired) electrons. The van der Waals surface area contributed by atoms with Gasteiger partial charge in [-0.15, -0.1) is 0 Å². The largest absolute Gasteiger partial charge is 0.387 e. The normalized spacial score (nSPS) is 19.5. The Bertz CT molecular complexity index is 297. The Balaban J connectivity index is 4.68. The van der Waals surface area contributed by atoms with Crippen molar-refractivity contribution in [3.63, 3.8) is 0 Å². The second kappa shape index (κ2) is 6.84. The summed E-state index contributed by atoms with van der Waals surface area (Å²) in [6, 6.07) is 0. The number of hydrogen-bond acceptors (Lipinski definition) is 5. The lowest BCUT2D eigenvalue weighted by Gasteiger charge is -2.26. The molecular formula is C12H23NO5. The number of rotatable bonds is 6. The van der Waals surface area contributed by atoms with Crippen molar-refractivity contribution in [2.45, 2.75) is 45.2 Å². The molecular weight excluding hydrogens is 238 g/mol. The molecule has 0 aromatic heterocycles. The van der Waals surface area contributed by atoms with Crippen LogP contribution in [-0.2, 0) is 9.53 Å². The van der Waals surface area contributed by atoms with Crippen molar-refractivity contribution >= 4 is 5.91 Å². The third kappa shape index (κ3) is 5.59. The predicted octanol–water partition coefficient (Wildman–Crippen LogP) is -0.828. The average molecular weight is 261 g/mol. The highest BCUT2D eigenvalue weighted by molar-refractivity contribution is 5.79. The van der Waals surface area contributed by atoms with E-state index in [1.54, 1.807) is 6.08 Å². The van der Waals surface area contributed by atoms with Crippen LogP contribution in [0.15, 0.2) is 12.2 Å². The molecule has 0 unspecified atom stereocenters. The Morgan fingerprint density at radius 2 is 1.72 bits per heavy atom. The smallest absolute Gasteiger partial charge is 0.249 e. The van der Waals surface area contributed by atoms with Gasteiger partial charge in [0.25, 0.3) is 0 Å². The molecule has 5 N–H and O–H groups in total. The minimum absolute atomic E-state index is 0.171. The Hall–Kier alpha value is -0.950. The van der Waals surface area contributed by atoms with Gasteiger partial charge in [0.1, 0.15) is 18.3 Å². The Kier molecular flexibility index (Phi) is 6.48. The van der Waals surface area contributed by atoms with Gasteiger partial charge in [-0.2, -0.15) is 0 Å². The van der Waals surface area contributed by atoms with E-state index >= 15 is 0 Å². The predicted molar refractivity (Wildman–Crippen MR) is 66.6 cm³/mol. The maximum Gasteiger partial charge on any atom is 0.249 e. The molecule has 0 aromatic rings. The summed E-state index contributed by atoms with van der Waals surface area (Å²) in [5, 5.41) is 29.0. The van der Waals surface area contributed by atoms with Crippen LogP contribution in [0.3, 0.4) is 0 Å². The Morgan fingerprint density at radius 3 is 2.06 bits per heavy atom. The Morgan fingerprint density at radius 1 is 1.22 bits per heavy atom. The van der Waals surface area contributed by atoms with Gasteiger partial charge in [0.15, 0.2) is 6.10 Å². The summed E-state index contributed by atoms with van der Waals surface area (Å²) in [5.41, 5.74) is 4.82. The summed E-state index contributed by atoms with van der Waals surface area (Å²) in [5.74, 6) is -0.906. The number of hydrogen-bond donors (Lipinski definition) is 4. The monoisotopic (exact) mass is 261 g/mol. The molecule has 0 heterocycles. The second-order valence-corrected chi connectivity index (χ2v) is 5.26. The summed E-state index contributed by atoms with van der Waals surface area (Å²) >= 11 is 0. The molecule has 1 amide bonds. The van der Waals surface area contributed by atoms with Crippen molar-refractivity contribution < 1.29 is 24.9 Å². The third-order valence-corrected chi connectivity index (χ3v) is 2.34. The maximum absolute atomic E-state index is 10.9. The highest BCUT2D eigenvalue weighted by Gasteiger charge is 2.33. The second-order valence-electron chi connectivity index (χ2n) is 5.26. The van der Waals surface area contributed by atoms with E-state index in [9.17, 15) is 20.1 Å². The van der Waals surface area contributed by atoms with Crippen LogP contribution in [0.4, 0.5) is 0 Å². The van der Waals surface area contributed by atoms with Crippen LogP contribution < -0.4 is 5.73 Å². The van der Waals surface area contributed by atoms with Crippen molar-refractivity contribution in [2.75, 3.05) is 7.11 Å². The van der Waals surface area contributed by atoms with E-state index < -0.39 is 30.3 Å². The van der Waals surface area contributed by atoms with E-state index in [1.165, 1.54) is 13.2 Å². The zero-order valence-electron chi connectivity index (χ0n) is 11.2. The van der Waals surface area contributed by atoms with Gasteiger partial charge in [0.2, 0.25) is 5.91 Å². The first-order valence-electron chi connectivity index (χ1n) is 5.66. The fraction of sp³-hybridized carbons (Fsp3) is 0.750. The topological polar surface area (TPSA) is 113 Å². The van der Waals surface area contributed by atoms with Gasteiger partial charge >= 0.3 is 0 Å². The number of amides is 1. The SMILES string of the molecule is CO[C@@H](C(N)=O)[C@H](O)[C@@H](O)[C@H](O)/C=C/C(C)(C)C. The number of nitrogens with two attached hydrogens (primary N) is 1. The van der Waals surface area contributed by atoms with Crippen LogP contribution in [-0.4, -0.2) is 52.8 Å². The number of allylic oxidation sites excluding steroid dienone is 1. The number of primary amides is 1. The first kappa shape index (κ1) is 17.1. The van der Waals surface area contributed by atoms with Gasteiger partial charge < -0.3 is 25.8 Å². The van der Waals surface area contributed by atoms with Crippen LogP contribution in [0.2, 0.25) is 0 Å². The van der Waals surface area contributed by atoms with Crippen LogP contribution in [0.5, 0.6) is 0 Å². The van der Waals surface area contributed by atoms with Gasteiger partial charge in [-0.1, -0.05) is 32.9 Å². The molecule has 0 rings (SSSR count). The minimum atomic E-state index is -1.59. The van der Waals surface area contributed by atoms with Crippen LogP contribution in [0, 0.1) is 5.41 Å². The molecule has 0 aliphatic heterocycles. The summed E-state index contributed by atoms with van der Waals surface area (Å²) in [4.78, 5) is 10.9. The molecule has 0 saturated carbocycles. The zero-order chi connectivity index (χ0) is 14.5. The van der Waals surface area contributed by atoms with E-state index in [1.807, 2.05) is 20.8 Å². The summed E-state index contributed by atoms with van der Waals surface area (Å²) in [6.45, 7) is 5.75. The van der Waals surface area contributed by atoms with Crippen molar-refractivity contribution in [3.05, 3.63) is 12.2 Å². The van der Waals surface area contributed by atoms with E-state index in [4.69, 9.17) is 5.73 Å². The van der Waals surface area contributed by atoms with E-state index in [0.29, 0.717) is 0 Å². The number of aliphatic hydroxyl groups is 3. The van der Waals surface area contributed by atoms with Crippen molar-refractivity contribution in [1.82, 2.24) is 0 Å². The van der Waals surface area contributed by atoms with E-state index in [0.717, 1.165) is 0 Å². The van der Waals surface area contributed by atoms with E-state index in [-0.39, 0.29) is 5.41 Å². The molecule has 0 saturated heterocycles. The van der Waals surface area contributed by atoms with Crippen molar-refractivity contribution in [1.29, 1.82) is 0 Å². The number of aliphatic hydroxyl groups excluding tert-OH is 3. The van der Waals surface area contributed by atoms with Crippen molar-refractivity contribution in [3.8, 4) is 0 Å². The van der Waals surface area contributed by atoms with Gasteiger partial charge in [0, 0.05) is 7.11 Å². The summed E-state index contributed by atoms with van der Waals surface area (Å²) in [6.07, 6.45) is -2.76. The molecule has 18 heavy (non-hydrogen) atoms. The highest BCUT2D eigenvalue weighted by Crippen LogP contribution is 2.16. The lowest BCUT2D eigenvalue weighted by molar-refractivity contribution is -0.145. The molecule has 4 atom stereocenters. The molecule has 0 aliphatic carbocycles. The number of carbonyl (C=O) groups excluding carboxylic acids is 1. The zero-order valence-corrected chi connectivity index (χ0v) is 11.2. The fourth-order valence-electron chi connectivity index (χ4n) is 1.31. The molecule has 0 aliphatic rings. The maximum atomic E-state index is 10.9. The van der Waals surface area contributed by atoms with Crippen LogP contribution >= 0.6 is 0 Å². The molecule has 0 bridgehead atoms. The first-order chi connectivity index (χ1) is 8.10.